The zero-order chi connectivity index (χ0) is 21.0. The molecular formula is C22H24Cl2N2O3. The summed E-state index contributed by atoms with van der Waals surface area (Å²) in [6, 6.07) is 10.9. The number of benzene rings is 2. The molecule has 1 saturated heterocycles. The van der Waals surface area contributed by atoms with Crippen LogP contribution in [0.4, 0.5) is 5.69 Å². The van der Waals surface area contributed by atoms with E-state index in [2.05, 4.69) is 10.6 Å². The van der Waals surface area contributed by atoms with Crippen LogP contribution in [0.1, 0.15) is 29.5 Å². The molecule has 2 aromatic rings. The van der Waals surface area contributed by atoms with E-state index in [0.717, 1.165) is 16.8 Å². The molecule has 29 heavy (non-hydrogen) atoms. The Morgan fingerprint density at radius 2 is 1.72 bits per heavy atom. The number of hydrogen-bond donors (Lipinski definition) is 2. The van der Waals surface area contributed by atoms with Gasteiger partial charge in [-0.3, -0.25) is 9.59 Å². The van der Waals surface area contributed by atoms with Gasteiger partial charge in [-0.05, 0) is 55.5 Å². The van der Waals surface area contributed by atoms with Crippen LogP contribution >= 0.6 is 23.2 Å². The van der Waals surface area contributed by atoms with Crippen LogP contribution in [0.3, 0.4) is 0 Å². The third-order valence-corrected chi connectivity index (χ3v) is 5.93. The van der Waals surface area contributed by atoms with Crippen LogP contribution in [0.25, 0.3) is 0 Å². The smallest absolute Gasteiger partial charge is 0.243 e. The summed E-state index contributed by atoms with van der Waals surface area (Å²) in [5.41, 5.74) is 2.57. The van der Waals surface area contributed by atoms with Gasteiger partial charge in [0.1, 0.15) is 0 Å². The lowest BCUT2D eigenvalue weighted by Gasteiger charge is -2.36. The average Bonchev–Trinajstić information content (AvgIpc) is 2.69. The van der Waals surface area contributed by atoms with E-state index in [9.17, 15) is 9.59 Å². The zero-order valence-corrected chi connectivity index (χ0v) is 18.0. The van der Waals surface area contributed by atoms with Gasteiger partial charge in [0, 0.05) is 28.9 Å². The molecule has 1 aliphatic heterocycles. The molecule has 154 valence electrons. The highest BCUT2D eigenvalue weighted by molar-refractivity contribution is 6.35. The summed E-state index contributed by atoms with van der Waals surface area (Å²) >= 11 is 12.4. The summed E-state index contributed by atoms with van der Waals surface area (Å²) in [6.45, 7) is 4.63. The fraction of sp³-hybridized carbons (Fsp3) is 0.364. The van der Waals surface area contributed by atoms with Crippen LogP contribution in [-0.2, 0) is 19.7 Å². The van der Waals surface area contributed by atoms with Gasteiger partial charge in [0.15, 0.2) is 0 Å². The number of nitrogens with one attached hydrogen (secondary N) is 2. The molecule has 2 aromatic carbocycles. The van der Waals surface area contributed by atoms with Gasteiger partial charge in [-0.25, -0.2) is 0 Å². The van der Waals surface area contributed by atoms with Gasteiger partial charge in [0.25, 0.3) is 0 Å². The second-order valence-corrected chi connectivity index (χ2v) is 8.16. The Morgan fingerprint density at radius 3 is 2.34 bits per heavy atom. The van der Waals surface area contributed by atoms with E-state index in [1.54, 1.807) is 18.2 Å². The summed E-state index contributed by atoms with van der Waals surface area (Å²) in [6.07, 6.45) is 0.970. The van der Waals surface area contributed by atoms with Gasteiger partial charge in [-0.1, -0.05) is 47.5 Å². The number of aryl methyl sites for hydroxylation is 2. The van der Waals surface area contributed by atoms with E-state index >= 15 is 0 Å². The molecule has 2 amide bonds. The Morgan fingerprint density at radius 1 is 1.07 bits per heavy atom. The van der Waals surface area contributed by atoms with Gasteiger partial charge >= 0.3 is 0 Å². The van der Waals surface area contributed by atoms with Crippen LogP contribution in [0.5, 0.6) is 0 Å². The Labute approximate surface area is 180 Å². The molecule has 0 aromatic heterocycles. The molecule has 0 aliphatic carbocycles. The number of ether oxygens (including phenoxy) is 1. The lowest BCUT2D eigenvalue weighted by atomic mass is 9.73. The predicted octanol–water partition coefficient (Wildman–Crippen LogP) is 4.41. The van der Waals surface area contributed by atoms with Crippen molar-refractivity contribution >= 4 is 40.7 Å². The molecule has 0 spiro atoms. The van der Waals surface area contributed by atoms with Crippen molar-refractivity contribution < 1.29 is 14.3 Å². The second-order valence-electron chi connectivity index (χ2n) is 7.32. The van der Waals surface area contributed by atoms with Crippen molar-refractivity contribution in [3.8, 4) is 0 Å². The first-order chi connectivity index (χ1) is 13.8. The highest BCUT2D eigenvalue weighted by Gasteiger charge is 2.43. The molecule has 2 N–H and O–H groups in total. The van der Waals surface area contributed by atoms with E-state index < -0.39 is 5.41 Å². The third-order valence-electron chi connectivity index (χ3n) is 5.38. The standard InChI is InChI=1S/C22H24Cl2N2O3/c1-14-4-3-5-15(2)20(14)26-19(27)13-25-21(28)22(8-10-29-11-9-22)17-7-6-16(23)12-18(17)24/h3-7,12H,8-11,13H2,1-2H3,(H,25,28)(H,26,27). The fourth-order valence-electron chi connectivity index (χ4n) is 3.74. The molecular weight excluding hydrogens is 411 g/mol. The Kier molecular flexibility index (Phi) is 6.83. The minimum absolute atomic E-state index is 0.125. The van der Waals surface area contributed by atoms with E-state index in [1.165, 1.54) is 0 Å². The van der Waals surface area contributed by atoms with Crippen molar-refractivity contribution in [2.24, 2.45) is 0 Å². The monoisotopic (exact) mass is 434 g/mol. The molecule has 1 aliphatic rings. The Balaban J connectivity index is 1.75. The van der Waals surface area contributed by atoms with Gasteiger partial charge in [0.2, 0.25) is 11.8 Å². The van der Waals surface area contributed by atoms with Crippen molar-refractivity contribution in [1.82, 2.24) is 5.32 Å². The maximum absolute atomic E-state index is 13.2. The number of carbonyl (C=O) groups is 2. The van der Waals surface area contributed by atoms with Gasteiger partial charge in [-0.15, -0.1) is 0 Å². The first-order valence-electron chi connectivity index (χ1n) is 9.51. The number of hydrogen-bond acceptors (Lipinski definition) is 3. The normalized spacial score (nSPS) is 15.6. The van der Waals surface area contributed by atoms with Gasteiger partial charge < -0.3 is 15.4 Å². The van der Waals surface area contributed by atoms with Crippen molar-refractivity contribution in [1.29, 1.82) is 0 Å². The molecule has 5 nitrogen and oxygen atoms in total. The van der Waals surface area contributed by atoms with Crippen LogP contribution in [-0.4, -0.2) is 31.6 Å². The van der Waals surface area contributed by atoms with Crippen molar-refractivity contribution in [2.75, 3.05) is 25.1 Å². The van der Waals surface area contributed by atoms with E-state index in [-0.39, 0.29) is 18.4 Å². The summed E-state index contributed by atoms with van der Waals surface area (Å²) in [7, 11) is 0. The molecule has 0 radical (unpaired) electrons. The van der Waals surface area contributed by atoms with E-state index in [0.29, 0.717) is 41.7 Å². The summed E-state index contributed by atoms with van der Waals surface area (Å²) in [4.78, 5) is 25.7. The minimum Gasteiger partial charge on any atom is -0.381 e. The van der Waals surface area contributed by atoms with E-state index in [1.807, 2.05) is 32.0 Å². The van der Waals surface area contributed by atoms with Crippen LogP contribution in [0.15, 0.2) is 36.4 Å². The molecule has 1 heterocycles. The second kappa shape index (κ2) is 9.16. The molecule has 0 unspecified atom stereocenters. The molecule has 0 atom stereocenters. The first-order valence-corrected chi connectivity index (χ1v) is 10.3. The Hall–Kier alpha value is -2.08. The molecule has 1 fully saturated rings. The summed E-state index contributed by atoms with van der Waals surface area (Å²) in [5, 5.41) is 6.63. The topological polar surface area (TPSA) is 67.4 Å². The average molecular weight is 435 g/mol. The first kappa shape index (κ1) is 21.6. The van der Waals surface area contributed by atoms with Crippen LogP contribution < -0.4 is 10.6 Å². The highest BCUT2D eigenvalue weighted by atomic mass is 35.5. The predicted molar refractivity (Wildman–Crippen MR) is 116 cm³/mol. The highest BCUT2D eigenvalue weighted by Crippen LogP contribution is 2.39. The number of rotatable bonds is 5. The fourth-order valence-corrected chi connectivity index (χ4v) is 4.33. The van der Waals surface area contributed by atoms with Gasteiger partial charge in [-0.2, -0.15) is 0 Å². The maximum atomic E-state index is 13.2. The third kappa shape index (κ3) is 4.74. The zero-order valence-electron chi connectivity index (χ0n) is 16.5. The summed E-state index contributed by atoms with van der Waals surface area (Å²) < 4.78 is 5.46. The Bertz CT molecular complexity index is 904. The molecule has 0 bridgehead atoms. The molecule has 0 saturated carbocycles. The number of amides is 2. The number of halogens is 2. The number of carbonyl (C=O) groups excluding carboxylic acids is 2. The van der Waals surface area contributed by atoms with Crippen molar-refractivity contribution in [3.63, 3.8) is 0 Å². The summed E-state index contributed by atoms with van der Waals surface area (Å²) in [5.74, 6) is -0.512. The lowest BCUT2D eigenvalue weighted by molar-refractivity contribution is -0.132. The minimum atomic E-state index is -0.848. The SMILES string of the molecule is Cc1cccc(C)c1NC(=O)CNC(=O)C1(c2ccc(Cl)cc2Cl)CCOCC1. The van der Waals surface area contributed by atoms with Crippen molar-refractivity contribution in [2.45, 2.75) is 32.1 Å². The molecule has 7 heteroatoms. The van der Waals surface area contributed by atoms with Crippen LogP contribution in [0, 0.1) is 13.8 Å². The maximum Gasteiger partial charge on any atom is 0.243 e. The number of anilines is 1. The lowest BCUT2D eigenvalue weighted by Crippen LogP contribution is -2.49. The molecule has 3 rings (SSSR count). The largest absolute Gasteiger partial charge is 0.381 e. The number of para-hydroxylation sites is 1. The van der Waals surface area contributed by atoms with Crippen LogP contribution in [0.2, 0.25) is 10.0 Å². The quantitative estimate of drug-likeness (QED) is 0.731. The van der Waals surface area contributed by atoms with Crippen molar-refractivity contribution in [3.05, 3.63) is 63.1 Å². The van der Waals surface area contributed by atoms with Gasteiger partial charge in [0.05, 0.1) is 12.0 Å². The van der Waals surface area contributed by atoms with E-state index in [4.69, 9.17) is 27.9 Å².